The van der Waals surface area contributed by atoms with Gasteiger partial charge < -0.3 is 14.5 Å². The van der Waals surface area contributed by atoms with E-state index >= 15 is 0 Å². The molecule has 0 radical (unpaired) electrons. The first kappa shape index (κ1) is 23.9. The number of nitrogens with zero attached hydrogens (tertiary/aromatic N) is 1. The van der Waals surface area contributed by atoms with Gasteiger partial charge in [0, 0.05) is 30.8 Å². The third-order valence-corrected chi connectivity index (χ3v) is 6.62. The van der Waals surface area contributed by atoms with E-state index in [1.165, 1.54) is 12.1 Å². The first-order chi connectivity index (χ1) is 17.5. The number of carbonyl (C=O) groups excluding carboxylic acids is 1. The second-order valence-corrected chi connectivity index (χ2v) is 8.86. The van der Waals surface area contributed by atoms with Crippen molar-refractivity contribution in [1.82, 2.24) is 10.2 Å². The molecule has 1 aliphatic rings. The molecule has 6 nitrogen and oxygen atoms in total. The maximum atomic E-state index is 13.6. The Hall–Kier alpha value is -3.81. The van der Waals surface area contributed by atoms with Crippen LogP contribution >= 0.6 is 0 Å². The Kier molecular flexibility index (Phi) is 6.93. The van der Waals surface area contributed by atoms with Gasteiger partial charge in [0.2, 0.25) is 0 Å². The number of rotatable bonds is 6. The van der Waals surface area contributed by atoms with Crippen LogP contribution in [-0.4, -0.2) is 43.7 Å². The van der Waals surface area contributed by atoms with Gasteiger partial charge in [0.1, 0.15) is 11.6 Å². The quantitative estimate of drug-likeness (QED) is 0.427. The summed E-state index contributed by atoms with van der Waals surface area (Å²) in [6, 6.07) is 20.6. The maximum absolute atomic E-state index is 13.6. The van der Waals surface area contributed by atoms with Crippen LogP contribution in [0, 0.1) is 12.7 Å². The molecular weight excluding hydrogens is 459 g/mol. The van der Waals surface area contributed by atoms with Gasteiger partial charge in [-0.2, -0.15) is 0 Å². The van der Waals surface area contributed by atoms with Crippen LogP contribution in [0.25, 0.3) is 22.3 Å². The predicted molar refractivity (Wildman–Crippen MR) is 137 cm³/mol. The highest BCUT2D eigenvalue weighted by Gasteiger charge is 2.25. The van der Waals surface area contributed by atoms with Crippen molar-refractivity contribution in [3.05, 3.63) is 106 Å². The third-order valence-electron chi connectivity index (χ3n) is 6.62. The van der Waals surface area contributed by atoms with Crippen molar-refractivity contribution in [2.45, 2.75) is 13.0 Å². The van der Waals surface area contributed by atoms with Crippen LogP contribution in [0.5, 0.6) is 0 Å². The Morgan fingerprint density at radius 3 is 2.44 bits per heavy atom. The van der Waals surface area contributed by atoms with Crippen molar-refractivity contribution in [3.8, 4) is 11.3 Å². The Labute approximate surface area is 208 Å². The van der Waals surface area contributed by atoms with Crippen LogP contribution in [0.15, 0.2) is 82.0 Å². The van der Waals surface area contributed by atoms with E-state index in [1.807, 2.05) is 30.3 Å². The molecule has 36 heavy (non-hydrogen) atoms. The predicted octanol–water partition coefficient (Wildman–Crippen LogP) is 4.71. The molecule has 4 aromatic rings. The summed E-state index contributed by atoms with van der Waals surface area (Å²) < 4.78 is 25.2. The molecule has 1 fully saturated rings. The van der Waals surface area contributed by atoms with E-state index in [4.69, 9.17) is 9.15 Å². The minimum absolute atomic E-state index is 0.150. The van der Waals surface area contributed by atoms with Gasteiger partial charge in [0.05, 0.1) is 30.2 Å². The number of hydrogen-bond acceptors (Lipinski definition) is 5. The van der Waals surface area contributed by atoms with Crippen molar-refractivity contribution in [3.63, 3.8) is 0 Å². The zero-order chi connectivity index (χ0) is 25.1. The zero-order valence-corrected chi connectivity index (χ0v) is 20.0. The first-order valence-corrected chi connectivity index (χ1v) is 12.0. The number of halogens is 1. The lowest BCUT2D eigenvalue weighted by Gasteiger charge is -2.35. The number of fused-ring (bicyclic) bond motifs is 1. The SMILES string of the molecule is Cc1c(-c2ccccc2)oc2c(C(=O)NC[C@H](c3ccc(F)cc3)N3CCOCC3)cccc2c1=O. The van der Waals surface area contributed by atoms with Gasteiger partial charge in [-0.1, -0.05) is 48.5 Å². The van der Waals surface area contributed by atoms with Gasteiger partial charge >= 0.3 is 0 Å². The molecule has 0 aliphatic carbocycles. The van der Waals surface area contributed by atoms with Crippen LogP contribution in [0.3, 0.4) is 0 Å². The lowest BCUT2D eigenvalue weighted by molar-refractivity contribution is 0.0162. The third kappa shape index (κ3) is 4.80. The Morgan fingerprint density at radius 1 is 1.00 bits per heavy atom. The molecular formula is C29H27FN2O4. The van der Waals surface area contributed by atoms with E-state index in [-0.39, 0.29) is 28.8 Å². The van der Waals surface area contributed by atoms with E-state index in [1.54, 1.807) is 37.3 Å². The fraction of sp³-hybridized carbons (Fsp3) is 0.241. The summed E-state index contributed by atoms with van der Waals surface area (Å²) in [6.07, 6.45) is 0. The number of carbonyl (C=O) groups is 1. The van der Waals surface area contributed by atoms with E-state index in [9.17, 15) is 14.0 Å². The van der Waals surface area contributed by atoms with Crippen LogP contribution < -0.4 is 10.7 Å². The molecule has 0 saturated carbocycles. The zero-order valence-electron chi connectivity index (χ0n) is 20.0. The van der Waals surface area contributed by atoms with Crippen LogP contribution in [0.2, 0.25) is 0 Å². The molecule has 1 aliphatic heterocycles. The smallest absolute Gasteiger partial charge is 0.255 e. The molecule has 0 spiro atoms. The fourth-order valence-electron chi connectivity index (χ4n) is 4.67. The maximum Gasteiger partial charge on any atom is 0.255 e. The number of benzene rings is 3. The van der Waals surface area contributed by atoms with E-state index in [0.717, 1.165) is 11.1 Å². The molecule has 3 aromatic carbocycles. The van der Waals surface area contributed by atoms with Crippen LogP contribution in [0.1, 0.15) is 27.5 Å². The highest BCUT2D eigenvalue weighted by molar-refractivity contribution is 6.05. The normalized spacial score (nSPS) is 15.1. The lowest BCUT2D eigenvalue weighted by atomic mass is 10.0. The first-order valence-electron chi connectivity index (χ1n) is 12.0. The van der Waals surface area contributed by atoms with Gasteiger partial charge in [-0.25, -0.2) is 4.39 Å². The second-order valence-electron chi connectivity index (χ2n) is 8.86. The summed E-state index contributed by atoms with van der Waals surface area (Å²) >= 11 is 0. The molecule has 2 heterocycles. The highest BCUT2D eigenvalue weighted by atomic mass is 19.1. The number of ether oxygens (including phenoxy) is 1. The number of hydrogen-bond donors (Lipinski definition) is 1. The Balaban J connectivity index is 1.47. The topological polar surface area (TPSA) is 71.8 Å². The molecule has 184 valence electrons. The number of nitrogens with one attached hydrogen (secondary N) is 1. The number of para-hydroxylation sites is 1. The summed E-state index contributed by atoms with van der Waals surface area (Å²) in [5.74, 6) is -0.198. The molecule has 0 bridgehead atoms. The second kappa shape index (κ2) is 10.4. The lowest BCUT2D eigenvalue weighted by Crippen LogP contribution is -2.43. The highest BCUT2D eigenvalue weighted by Crippen LogP contribution is 2.28. The monoisotopic (exact) mass is 486 g/mol. The molecule has 7 heteroatoms. The van der Waals surface area contributed by atoms with E-state index in [0.29, 0.717) is 55.1 Å². The summed E-state index contributed by atoms with van der Waals surface area (Å²) in [7, 11) is 0. The molecule has 0 unspecified atom stereocenters. The van der Waals surface area contributed by atoms with E-state index in [2.05, 4.69) is 10.2 Å². The average Bonchev–Trinajstić information content (AvgIpc) is 2.92. The molecule has 5 rings (SSSR count). The summed E-state index contributed by atoms with van der Waals surface area (Å²) in [5, 5.41) is 3.38. The van der Waals surface area contributed by atoms with Gasteiger partial charge in [-0.05, 0) is 36.8 Å². The Morgan fingerprint density at radius 2 is 1.72 bits per heavy atom. The summed E-state index contributed by atoms with van der Waals surface area (Å²) in [6.45, 7) is 4.66. The van der Waals surface area contributed by atoms with Gasteiger partial charge in [-0.15, -0.1) is 0 Å². The average molecular weight is 487 g/mol. The molecule has 1 N–H and O–H groups in total. The summed E-state index contributed by atoms with van der Waals surface area (Å²) in [5.41, 5.74) is 2.56. The number of amides is 1. The molecule has 1 amide bonds. The van der Waals surface area contributed by atoms with Crippen LogP contribution in [0.4, 0.5) is 4.39 Å². The van der Waals surface area contributed by atoms with Gasteiger partial charge in [0.15, 0.2) is 11.0 Å². The van der Waals surface area contributed by atoms with Crippen molar-refractivity contribution >= 4 is 16.9 Å². The standard InChI is InChI=1S/C29H27FN2O4/c1-19-26(33)23-8-5-9-24(28(23)36-27(19)21-6-3-2-4-7-21)29(34)31-18-25(32-14-16-35-17-15-32)20-10-12-22(30)13-11-20/h2-13,25H,14-18H2,1H3,(H,31,34)/t25-/m1/s1. The minimum Gasteiger partial charge on any atom is -0.455 e. The van der Waals surface area contributed by atoms with Crippen molar-refractivity contribution < 1.29 is 18.3 Å². The minimum atomic E-state index is -0.341. The fourth-order valence-corrected chi connectivity index (χ4v) is 4.67. The van der Waals surface area contributed by atoms with Crippen molar-refractivity contribution in [2.75, 3.05) is 32.8 Å². The largest absolute Gasteiger partial charge is 0.455 e. The van der Waals surface area contributed by atoms with Crippen molar-refractivity contribution in [2.24, 2.45) is 0 Å². The van der Waals surface area contributed by atoms with Crippen LogP contribution in [-0.2, 0) is 4.74 Å². The van der Waals surface area contributed by atoms with Crippen molar-refractivity contribution in [1.29, 1.82) is 0 Å². The number of morpholine rings is 1. The van der Waals surface area contributed by atoms with E-state index < -0.39 is 0 Å². The van der Waals surface area contributed by atoms with Gasteiger partial charge in [-0.3, -0.25) is 14.5 Å². The molecule has 1 aromatic heterocycles. The molecule has 1 atom stereocenters. The van der Waals surface area contributed by atoms with Gasteiger partial charge in [0.25, 0.3) is 5.91 Å². The Bertz CT molecular complexity index is 1430. The molecule has 1 saturated heterocycles. The summed E-state index contributed by atoms with van der Waals surface area (Å²) in [4.78, 5) is 28.8.